The molecule has 3 amide bonds. The second kappa shape index (κ2) is 29.3. The van der Waals surface area contributed by atoms with Crippen molar-refractivity contribution in [1.29, 1.82) is 0 Å². The fourth-order valence-corrected chi connectivity index (χ4v) is 13.2. The van der Waals surface area contributed by atoms with Gasteiger partial charge in [-0.2, -0.15) is 25.1 Å². The number of nitrogens with one attached hydrogen (secondary N) is 9. The number of aliphatic imine (C=N–C) groups is 3. The number of nitrogens with zero attached hydrogens (tertiary/aromatic N) is 12. The maximum atomic E-state index is 13.5. The van der Waals surface area contributed by atoms with Crippen molar-refractivity contribution < 1.29 is 32.2 Å². The second-order valence-electron chi connectivity index (χ2n) is 23.0. The number of amides is 3. The van der Waals surface area contributed by atoms with Gasteiger partial charge in [-0.25, -0.2) is 20.0 Å². The number of anilines is 5. The molecular formula is C70H58BrCl2N21O7S. The lowest BCUT2D eigenvalue weighted by Crippen LogP contribution is -2.39. The minimum Gasteiger partial charge on any atom is -0.423 e. The zero-order valence-electron chi connectivity index (χ0n) is 54.4. The number of para-hydroxylation sites is 7. The molecular weight excluding hydrogens is 1430 g/mol. The third kappa shape index (κ3) is 14.9. The lowest BCUT2D eigenvalue weighted by atomic mass is 9.95. The van der Waals surface area contributed by atoms with E-state index in [0.29, 0.717) is 119 Å². The van der Waals surface area contributed by atoms with Gasteiger partial charge in [0.2, 0.25) is 17.9 Å². The highest BCUT2D eigenvalue weighted by atomic mass is 79.9. The van der Waals surface area contributed by atoms with Gasteiger partial charge >= 0.3 is 18.0 Å². The van der Waals surface area contributed by atoms with Gasteiger partial charge < -0.3 is 44.4 Å². The monoisotopic (exact) mass is 1490 g/mol. The average molecular weight is 1490 g/mol. The van der Waals surface area contributed by atoms with Crippen LogP contribution in [0.3, 0.4) is 0 Å². The van der Waals surface area contributed by atoms with E-state index in [-0.39, 0.29) is 29.7 Å². The fraction of sp³-hybridized carbons (Fsp3) is 0.129. The van der Waals surface area contributed by atoms with Crippen molar-refractivity contribution in [2.45, 2.75) is 45.4 Å². The Morgan fingerprint density at radius 2 is 0.961 bits per heavy atom. The van der Waals surface area contributed by atoms with Crippen molar-refractivity contribution in [3.05, 3.63) is 247 Å². The molecule has 512 valence electrons. The van der Waals surface area contributed by atoms with Crippen molar-refractivity contribution in [2.24, 2.45) is 29.1 Å². The highest BCUT2D eigenvalue weighted by Gasteiger charge is 2.36. The van der Waals surface area contributed by atoms with Crippen molar-refractivity contribution in [3.63, 3.8) is 0 Å². The number of allylic oxidation sites excluding steroid dienone is 3. The van der Waals surface area contributed by atoms with E-state index >= 15 is 0 Å². The van der Waals surface area contributed by atoms with Gasteiger partial charge in [-0.1, -0.05) is 153 Å². The number of guanidine groups is 3. The van der Waals surface area contributed by atoms with Gasteiger partial charge in [0, 0.05) is 60.7 Å². The number of carbonyl (C=O) groups is 3. The number of rotatable bonds is 13. The molecule has 3 aliphatic rings. The molecule has 9 N–H and O–H groups in total. The number of fused-ring (bicyclic) bond motifs is 4. The van der Waals surface area contributed by atoms with Crippen LogP contribution in [0.2, 0.25) is 10.0 Å². The maximum absolute atomic E-state index is 13.5. The van der Waals surface area contributed by atoms with E-state index in [4.69, 9.17) is 51.0 Å². The molecule has 6 aromatic carbocycles. The van der Waals surface area contributed by atoms with Crippen LogP contribution in [0.5, 0.6) is 0 Å². The highest BCUT2D eigenvalue weighted by molar-refractivity contribution is 9.10. The number of aromatic nitrogens is 9. The first-order chi connectivity index (χ1) is 49.5. The lowest BCUT2D eigenvalue weighted by Gasteiger charge is -2.27. The Morgan fingerprint density at radius 3 is 1.42 bits per heavy atom. The molecule has 16 rings (SSSR count). The van der Waals surface area contributed by atoms with Crippen LogP contribution in [0.1, 0.15) is 61.4 Å². The summed E-state index contributed by atoms with van der Waals surface area (Å²) in [5.74, 6) is 0.459. The Bertz CT molecular complexity index is 5420. The van der Waals surface area contributed by atoms with Crippen LogP contribution in [-0.4, -0.2) is 80.3 Å². The first-order valence-corrected chi connectivity index (χ1v) is 33.7. The summed E-state index contributed by atoms with van der Waals surface area (Å²) in [6, 6.07) is 47.9. The molecule has 0 fully saturated rings. The van der Waals surface area contributed by atoms with Crippen LogP contribution >= 0.6 is 50.5 Å². The van der Waals surface area contributed by atoms with Crippen LogP contribution in [-0.2, 0) is 35.0 Å². The molecule has 3 unspecified atom stereocenters. The molecule has 32 heteroatoms. The Morgan fingerprint density at radius 1 is 0.520 bits per heavy atom. The molecule has 28 nitrogen and oxygen atoms in total. The van der Waals surface area contributed by atoms with Gasteiger partial charge in [0.15, 0.2) is 27.7 Å². The number of carbonyl (C=O) groups excluding carboxylic acids is 3. The normalized spacial score (nSPS) is 15.8. The summed E-state index contributed by atoms with van der Waals surface area (Å²) in [7, 11) is 3.50. The number of aryl methyl sites for hydroxylation is 2. The number of thiazole rings is 1. The van der Waals surface area contributed by atoms with E-state index in [1.807, 2.05) is 159 Å². The molecule has 13 aromatic rings. The van der Waals surface area contributed by atoms with E-state index in [1.165, 1.54) is 23.7 Å². The minimum atomic E-state index is -0.788. The summed E-state index contributed by atoms with van der Waals surface area (Å²) in [5, 5.41) is 41.1. The molecule has 0 saturated carbocycles. The van der Waals surface area contributed by atoms with E-state index in [9.17, 15) is 14.4 Å². The number of hydrogen-bond donors (Lipinski definition) is 9. The van der Waals surface area contributed by atoms with Gasteiger partial charge in [-0.05, 0) is 86.5 Å². The Balaban J connectivity index is 0.000000130. The predicted molar refractivity (Wildman–Crippen MR) is 393 cm³/mol. The number of benzene rings is 6. The first kappa shape index (κ1) is 67.0. The molecule has 0 radical (unpaired) electrons. The van der Waals surface area contributed by atoms with Gasteiger partial charge in [0.1, 0.15) is 52.3 Å². The van der Waals surface area contributed by atoms with Gasteiger partial charge in [0.05, 0.1) is 37.0 Å². The number of halogens is 3. The van der Waals surface area contributed by atoms with E-state index in [2.05, 4.69) is 104 Å². The first-order valence-electron chi connectivity index (χ1n) is 31.4. The minimum absolute atomic E-state index is 0.181. The van der Waals surface area contributed by atoms with Crippen LogP contribution < -0.4 is 47.9 Å². The molecule has 0 bridgehead atoms. The smallest absolute Gasteiger partial charge is 0.302 e. The highest BCUT2D eigenvalue weighted by Crippen LogP contribution is 2.39. The molecule has 10 heterocycles. The fourth-order valence-electron chi connectivity index (χ4n) is 11.2. The van der Waals surface area contributed by atoms with Crippen molar-refractivity contribution in [3.8, 4) is 0 Å². The third-order valence-corrected chi connectivity index (χ3v) is 18.1. The summed E-state index contributed by atoms with van der Waals surface area (Å²) in [6.45, 7) is 5.84. The van der Waals surface area contributed by atoms with Crippen molar-refractivity contribution in [2.75, 3.05) is 26.6 Å². The summed E-state index contributed by atoms with van der Waals surface area (Å²) >= 11 is 17.9. The lowest BCUT2D eigenvalue weighted by molar-refractivity contribution is -0.118. The average Bonchev–Trinajstić information content (AvgIpc) is 1.41. The van der Waals surface area contributed by atoms with Crippen molar-refractivity contribution >= 4 is 159 Å². The Kier molecular flexibility index (Phi) is 19.2. The summed E-state index contributed by atoms with van der Waals surface area (Å²) < 4.78 is 27.0. The van der Waals surface area contributed by atoms with Gasteiger partial charge in [-0.15, -0.1) is 0 Å². The largest absolute Gasteiger partial charge is 0.423 e. The van der Waals surface area contributed by atoms with Crippen LogP contribution in [0.15, 0.2) is 247 Å². The van der Waals surface area contributed by atoms with Crippen molar-refractivity contribution in [1.82, 2.24) is 65.9 Å². The Hall–Kier alpha value is -12.3. The molecule has 7 aromatic heterocycles. The Labute approximate surface area is 601 Å². The zero-order valence-corrected chi connectivity index (χ0v) is 58.4. The van der Waals surface area contributed by atoms with E-state index < -0.39 is 24.0 Å². The molecule has 3 aliphatic heterocycles. The van der Waals surface area contributed by atoms with Crippen LogP contribution in [0.4, 0.5) is 29.0 Å². The SMILES string of the molecule is CC1=C(C(=O)NCc2ccccc2)C(c2ccccc2Br)N=C(Nc2nc3ccccc3o2)N1.CC1=C(C(=O)Nc2ccon2)C(c2nn(C)cc2Cl)N=C(Nc2nc3ccccc3o2)N1.CC1=C(C(=O)Nc2nc3ccccc3s2)C(c2nn(C)cc2Cl)N=C(Nc2nc3ccccc3o2)N1. The molecule has 3 atom stereocenters. The topological polar surface area (TPSA) is 349 Å². The molecule has 0 aliphatic carbocycles. The summed E-state index contributed by atoms with van der Waals surface area (Å²) in [5.41, 5.74) is 10.8. The molecule has 102 heavy (non-hydrogen) atoms. The maximum Gasteiger partial charge on any atom is 0.302 e. The second-order valence-corrected chi connectivity index (χ2v) is 25.7. The number of hydrogen-bond acceptors (Lipinski definition) is 24. The van der Waals surface area contributed by atoms with Crippen LogP contribution in [0, 0.1) is 0 Å². The zero-order chi connectivity index (χ0) is 70.5. The standard InChI is InChI=1S/C26H22BrN5O2.C24H19ClN8O2S.C20H17ClN8O3/c1-16-22(24(33)28-15-17-9-3-2-4-10-17)23(18-11-5-6-12-19(18)27)31-25(29-16)32-26-30-20-13-7-8-14-21(20)34-26;1-12-18(21(34)30-24-28-15-8-4-6-10-17(15)36-24)20(19-13(25)11-33(2)32-19)29-22(26-12)31-23-27-14-7-3-5-9-16(14)35-23;1-10-15(18(30)24-14-7-8-31-28-14)17(16-11(21)9-29(2)27-16)25-19(22-10)26-20-23-12-5-3-4-6-13(12)32-20/h2-14,23H,15H2,1H3,(H,28,33)(H2,29,30,31,32);3-11,20H,1-2H3,(H,28,30,34)(H2,26,27,29,31);3-9,17H,1-2H3,(H,24,28,30)(H2,22,23,25,26). The molecule has 0 saturated heterocycles. The summed E-state index contributed by atoms with van der Waals surface area (Å²) in [4.78, 5) is 71.9. The van der Waals surface area contributed by atoms with E-state index in [0.717, 1.165) is 31.3 Å². The predicted octanol–water partition coefficient (Wildman–Crippen LogP) is 13.4. The quantitative estimate of drug-likeness (QED) is 0.0518. The van der Waals surface area contributed by atoms with Gasteiger partial charge in [0.25, 0.3) is 17.7 Å². The molecule has 0 spiro atoms. The third-order valence-electron chi connectivity index (χ3n) is 15.8. The van der Waals surface area contributed by atoms with E-state index in [1.54, 1.807) is 49.7 Å². The number of oxazole rings is 3. The summed E-state index contributed by atoms with van der Waals surface area (Å²) in [6.07, 6.45) is 4.68. The van der Waals surface area contributed by atoms with Gasteiger partial charge in [-0.3, -0.25) is 45.0 Å². The van der Waals surface area contributed by atoms with Crippen LogP contribution in [0.25, 0.3) is 43.5 Å².